The number of hydrogen-bond acceptors (Lipinski definition) is 8. The molecule has 0 heterocycles. The first-order valence-corrected chi connectivity index (χ1v) is 19.7. The Morgan fingerprint density at radius 2 is 1.27 bits per heavy atom. The van der Waals surface area contributed by atoms with Crippen LogP contribution in [0.2, 0.25) is 18.1 Å². The monoisotopic (exact) mass is 658 g/mol. The number of aliphatic hydroxyl groups excluding tert-OH is 1. The van der Waals surface area contributed by atoms with Crippen molar-refractivity contribution in [3.8, 4) is 0 Å². The Morgan fingerprint density at radius 1 is 0.778 bits per heavy atom. The van der Waals surface area contributed by atoms with E-state index in [1.54, 1.807) is 30.3 Å². The normalized spacial score (nSPS) is 15.8. The number of rotatable bonds is 17. The Bertz CT molecular complexity index is 1380. The second kappa shape index (κ2) is 15.9. The molecule has 8 nitrogen and oxygen atoms in total. The molecule has 0 radical (unpaired) electrons. The highest BCUT2D eigenvalue weighted by atomic mass is 32.2. The number of methoxy groups -OCH3 is 3. The van der Waals surface area contributed by atoms with Crippen molar-refractivity contribution in [1.29, 1.82) is 0 Å². The third-order valence-corrected chi connectivity index (χ3v) is 15.4. The predicted octanol–water partition coefficient (Wildman–Crippen LogP) is 6.91. The van der Waals surface area contributed by atoms with Crippen molar-refractivity contribution in [2.45, 2.75) is 92.8 Å². The van der Waals surface area contributed by atoms with Gasteiger partial charge < -0.3 is 28.5 Å². The van der Waals surface area contributed by atoms with Gasteiger partial charge in [0.25, 0.3) is 5.97 Å². The Hall–Kier alpha value is -2.41. The van der Waals surface area contributed by atoms with Crippen LogP contribution in [0.25, 0.3) is 0 Å². The molecule has 248 valence electrons. The second-order valence-corrected chi connectivity index (χ2v) is 19.7. The van der Waals surface area contributed by atoms with Gasteiger partial charge in [0.2, 0.25) is 0 Å². The zero-order valence-corrected chi connectivity index (χ0v) is 29.6. The first-order valence-electron chi connectivity index (χ1n) is 15.2. The standard InChI is InChI=1S/C35H50O8SSi/c1-34(2,3)45(7,8)43-32(28-20-14-10-15-21-28)33(42-26-27-18-12-9-13-19-27)31(36)24-30(25-35(39-4,40-5)41-6)44(37,38)29-22-16-11-17-23-29/h9-23,30-33,36H,24-26H2,1-8H3/t30?,31-,32+,33-/m1/s1. The van der Waals surface area contributed by atoms with Gasteiger partial charge in [-0.05, 0) is 47.8 Å². The van der Waals surface area contributed by atoms with Crippen molar-refractivity contribution >= 4 is 18.2 Å². The lowest BCUT2D eigenvalue weighted by molar-refractivity contribution is -0.355. The first-order chi connectivity index (χ1) is 21.2. The number of sulfone groups is 1. The molecule has 0 aromatic heterocycles. The van der Waals surface area contributed by atoms with E-state index in [0.717, 1.165) is 11.1 Å². The topological polar surface area (TPSA) is 101 Å². The lowest BCUT2D eigenvalue weighted by atomic mass is 9.96. The van der Waals surface area contributed by atoms with Crippen molar-refractivity contribution in [2.75, 3.05) is 21.3 Å². The molecule has 10 heteroatoms. The molecule has 0 fully saturated rings. The number of ether oxygens (including phenoxy) is 4. The average molecular weight is 659 g/mol. The highest BCUT2D eigenvalue weighted by Crippen LogP contribution is 2.42. The maximum Gasteiger partial charge on any atom is 0.283 e. The van der Waals surface area contributed by atoms with Crippen molar-refractivity contribution < 1.29 is 36.9 Å². The quantitative estimate of drug-likeness (QED) is 0.123. The van der Waals surface area contributed by atoms with Gasteiger partial charge in [-0.2, -0.15) is 0 Å². The van der Waals surface area contributed by atoms with Gasteiger partial charge in [0.15, 0.2) is 18.2 Å². The highest BCUT2D eigenvalue weighted by molar-refractivity contribution is 7.92. The third-order valence-electron chi connectivity index (χ3n) is 8.74. The van der Waals surface area contributed by atoms with Crippen LogP contribution in [0.3, 0.4) is 0 Å². The molecule has 0 amide bonds. The summed E-state index contributed by atoms with van der Waals surface area (Å²) in [5, 5.41) is 10.8. The van der Waals surface area contributed by atoms with Crippen LogP contribution in [0, 0.1) is 0 Å². The molecule has 0 saturated carbocycles. The van der Waals surface area contributed by atoms with Gasteiger partial charge in [0, 0.05) is 27.8 Å². The Labute approximate surface area is 270 Å². The molecule has 0 aliphatic rings. The van der Waals surface area contributed by atoms with Crippen LogP contribution in [0.5, 0.6) is 0 Å². The summed E-state index contributed by atoms with van der Waals surface area (Å²) in [6, 6.07) is 27.5. The van der Waals surface area contributed by atoms with Crippen LogP contribution < -0.4 is 0 Å². The summed E-state index contributed by atoms with van der Waals surface area (Å²) in [5.41, 5.74) is 1.75. The molecule has 45 heavy (non-hydrogen) atoms. The molecule has 0 saturated heterocycles. The van der Waals surface area contributed by atoms with Gasteiger partial charge in [-0.3, -0.25) is 0 Å². The minimum atomic E-state index is -4.00. The molecule has 1 unspecified atom stereocenters. The lowest BCUT2D eigenvalue weighted by Crippen LogP contribution is -2.48. The molecule has 0 aliphatic heterocycles. The summed E-state index contributed by atoms with van der Waals surface area (Å²) >= 11 is 0. The fraction of sp³-hybridized carbons (Fsp3) is 0.486. The largest absolute Gasteiger partial charge is 0.407 e. The van der Waals surface area contributed by atoms with Crippen molar-refractivity contribution in [3.63, 3.8) is 0 Å². The number of benzene rings is 3. The summed E-state index contributed by atoms with van der Waals surface area (Å²) in [6.45, 7) is 11.0. The zero-order chi connectivity index (χ0) is 33.3. The first kappa shape index (κ1) is 37.0. The van der Waals surface area contributed by atoms with E-state index in [2.05, 4.69) is 33.9 Å². The van der Waals surface area contributed by atoms with Gasteiger partial charge >= 0.3 is 0 Å². The lowest BCUT2D eigenvalue weighted by Gasteiger charge is -2.43. The van der Waals surface area contributed by atoms with E-state index in [4.69, 9.17) is 23.4 Å². The predicted molar refractivity (Wildman–Crippen MR) is 179 cm³/mol. The third kappa shape index (κ3) is 9.56. The molecule has 4 atom stereocenters. The van der Waals surface area contributed by atoms with E-state index in [1.165, 1.54) is 21.3 Å². The van der Waals surface area contributed by atoms with Gasteiger partial charge in [-0.15, -0.1) is 0 Å². The average Bonchev–Trinajstić information content (AvgIpc) is 3.03. The van der Waals surface area contributed by atoms with Gasteiger partial charge in [-0.1, -0.05) is 99.6 Å². The van der Waals surface area contributed by atoms with E-state index in [1.807, 2.05) is 60.7 Å². The molecule has 0 spiro atoms. The molecule has 3 aromatic carbocycles. The molecular weight excluding hydrogens is 609 g/mol. The summed E-state index contributed by atoms with van der Waals surface area (Å²) in [6.07, 6.45) is -3.26. The molecular formula is C35H50O8SSi. The maximum absolute atomic E-state index is 14.2. The van der Waals surface area contributed by atoms with Crippen LogP contribution in [0.1, 0.15) is 50.8 Å². The van der Waals surface area contributed by atoms with Crippen LogP contribution in [-0.2, 0) is 39.8 Å². The van der Waals surface area contributed by atoms with Crippen molar-refractivity contribution in [1.82, 2.24) is 0 Å². The van der Waals surface area contributed by atoms with E-state index in [-0.39, 0.29) is 29.4 Å². The SMILES string of the molecule is COC(CC(C[C@@H](O)[C@@H](OCc1ccccc1)[C@@H](O[Si](C)(C)C(C)(C)C)c1ccccc1)S(=O)(=O)c1ccccc1)(OC)OC. The number of hydrogen-bond donors (Lipinski definition) is 1. The molecule has 3 rings (SSSR count). The minimum absolute atomic E-state index is 0.123. The Morgan fingerprint density at radius 3 is 1.76 bits per heavy atom. The molecule has 0 aliphatic carbocycles. The summed E-state index contributed by atoms with van der Waals surface area (Å²) < 4.78 is 58.4. The second-order valence-electron chi connectivity index (χ2n) is 12.8. The van der Waals surface area contributed by atoms with Crippen LogP contribution in [0.4, 0.5) is 0 Å². The Kier molecular flexibility index (Phi) is 13.1. The minimum Gasteiger partial charge on any atom is -0.407 e. The fourth-order valence-corrected chi connectivity index (χ4v) is 7.99. The maximum atomic E-state index is 14.2. The molecule has 0 bridgehead atoms. The van der Waals surface area contributed by atoms with Crippen LogP contribution in [0.15, 0.2) is 95.9 Å². The van der Waals surface area contributed by atoms with E-state index >= 15 is 0 Å². The summed E-state index contributed by atoms with van der Waals surface area (Å²) in [4.78, 5) is 0.123. The molecule has 3 aromatic rings. The van der Waals surface area contributed by atoms with Gasteiger partial charge in [0.1, 0.15) is 6.10 Å². The fourth-order valence-electron chi connectivity index (χ4n) is 4.93. The smallest absolute Gasteiger partial charge is 0.283 e. The zero-order valence-electron chi connectivity index (χ0n) is 27.8. The van der Waals surface area contributed by atoms with E-state index < -0.39 is 47.7 Å². The van der Waals surface area contributed by atoms with Crippen molar-refractivity contribution in [3.05, 3.63) is 102 Å². The van der Waals surface area contributed by atoms with Gasteiger partial charge in [0.05, 0.1) is 29.0 Å². The van der Waals surface area contributed by atoms with Crippen LogP contribution in [-0.4, -0.2) is 66.6 Å². The van der Waals surface area contributed by atoms with Gasteiger partial charge in [-0.25, -0.2) is 8.42 Å². The van der Waals surface area contributed by atoms with E-state index in [0.29, 0.717) is 0 Å². The summed E-state index contributed by atoms with van der Waals surface area (Å²) in [5.74, 6) is -1.65. The van der Waals surface area contributed by atoms with E-state index in [9.17, 15) is 13.5 Å². The molecule has 1 N–H and O–H groups in total. The summed E-state index contributed by atoms with van der Waals surface area (Å²) in [7, 11) is -2.25. The highest BCUT2D eigenvalue weighted by Gasteiger charge is 2.46. The number of aliphatic hydroxyl groups is 1. The van der Waals surface area contributed by atoms with Crippen LogP contribution >= 0.6 is 0 Å². The van der Waals surface area contributed by atoms with Crippen molar-refractivity contribution in [2.24, 2.45) is 0 Å². The Balaban J connectivity index is 2.12.